The van der Waals surface area contributed by atoms with E-state index in [9.17, 15) is 4.79 Å². The molecule has 0 amide bonds. The molecule has 0 atom stereocenters. The summed E-state index contributed by atoms with van der Waals surface area (Å²) in [5.41, 5.74) is 6.33. The van der Waals surface area contributed by atoms with E-state index in [4.69, 9.17) is 4.98 Å². The van der Waals surface area contributed by atoms with E-state index in [1.54, 1.807) is 6.08 Å². The lowest BCUT2D eigenvalue weighted by Gasteiger charge is -2.39. The van der Waals surface area contributed by atoms with Crippen LogP contribution in [0.4, 0.5) is 0 Å². The molecule has 0 N–H and O–H groups in total. The second-order valence-corrected chi connectivity index (χ2v) is 10.0. The van der Waals surface area contributed by atoms with Crippen molar-refractivity contribution in [1.29, 1.82) is 0 Å². The SMILES string of the molecule is Cc1cnc(C=CC(=O)c2cccc(-c3ccccc3)c2)n1C(c1ccccc1)(c1ccccc1)c1ccccc1. The summed E-state index contributed by atoms with van der Waals surface area (Å²) in [5, 5.41) is 0. The molecule has 0 aliphatic heterocycles. The van der Waals surface area contributed by atoms with E-state index >= 15 is 0 Å². The Labute approximate surface area is 241 Å². The van der Waals surface area contributed by atoms with Crippen molar-refractivity contribution in [3.63, 3.8) is 0 Å². The van der Waals surface area contributed by atoms with Crippen molar-refractivity contribution in [2.75, 3.05) is 0 Å². The largest absolute Gasteiger partial charge is 0.310 e. The van der Waals surface area contributed by atoms with Gasteiger partial charge in [0.15, 0.2) is 5.78 Å². The Morgan fingerprint density at radius 1 is 0.634 bits per heavy atom. The number of carbonyl (C=O) groups is 1. The van der Waals surface area contributed by atoms with Gasteiger partial charge in [-0.25, -0.2) is 4.98 Å². The third-order valence-corrected chi connectivity index (χ3v) is 7.51. The molecule has 0 saturated carbocycles. The number of hydrogen-bond donors (Lipinski definition) is 0. The molecule has 6 rings (SSSR count). The second-order valence-electron chi connectivity index (χ2n) is 10.0. The van der Waals surface area contributed by atoms with E-state index in [1.807, 2.05) is 72.9 Å². The maximum absolute atomic E-state index is 13.5. The van der Waals surface area contributed by atoms with Crippen LogP contribution in [-0.4, -0.2) is 15.3 Å². The summed E-state index contributed by atoms with van der Waals surface area (Å²) in [4.78, 5) is 18.3. The molecule has 0 bridgehead atoms. The monoisotopic (exact) mass is 530 g/mol. The van der Waals surface area contributed by atoms with Gasteiger partial charge >= 0.3 is 0 Å². The van der Waals surface area contributed by atoms with Gasteiger partial charge in [-0.3, -0.25) is 4.79 Å². The molecule has 0 aliphatic carbocycles. The summed E-state index contributed by atoms with van der Waals surface area (Å²) in [6.45, 7) is 2.07. The van der Waals surface area contributed by atoms with Crippen LogP contribution in [-0.2, 0) is 5.54 Å². The number of aryl methyl sites for hydroxylation is 1. The molecule has 0 aliphatic rings. The van der Waals surface area contributed by atoms with Crippen LogP contribution in [0.1, 0.15) is 38.6 Å². The Morgan fingerprint density at radius 3 is 1.66 bits per heavy atom. The first kappa shape index (κ1) is 26.0. The number of ketones is 1. The molecule has 1 heterocycles. The molecule has 41 heavy (non-hydrogen) atoms. The maximum atomic E-state index is 13.5. The fourth-order valence-electron chi connectivity index (χ4n) is 5.66. The van der Waals surface area contributed by atoms with Crippen LogP contribution < -0.4 is 0 Å². The summed E-state index contributed by atoms with van der Waals surface area (Å²) in [7, 11) is 0. The molecule has 5 aromatic carbocycles. The van der Waals surface area contributed by atoms with Crippen LogP contribution >= 0.6 is 0 Å². The van der Waals surface area contributed by atoms with Gasteiger partial charge in [0.1, 0.15) is 11.4 Å². The number of benzene rings is 5. The highest BCUT2D eigenvalue weighted by molar-refractivity contribution is 6.07. The zero-order valence-electron chi connectivity index (χ0n) is 22.9. The summed E-state index contributed by atoms with van der Waals surface area (Å²) < 4.78 is 2.25. The second kappa shape index (κ2) is 11.4. The van der Waals surface area contributed by atoms with Crippen molar-refractivity contribution in [3.05, 3.63) is 192 Å². The van der Waals surface area contributed by atoms with Crippen molar-refractivity contribution in [3.8, 4) is 11.1 Å². The fraction of sp³-hybridized carbons (Fsp3) is 0.0526. The lowest BCUT2D eigenvalue weighted by Crippen LogP contribution is -2.39. The van der Waals surface area contributed by atoms with E-state index in [-0.39, 0.29) is 5.78 Å². The van der Waals surface area contributed by atoms with Crippen LogP contribution in [0, 0.1) is 6.92 Å². The van der Waals surface area contributed by atoms with E-state index in [2.05, 4.69) is 96.4 Å². The highest BCUT2D eigenvalue weighted by atomic mass is 16.1. The summed E-state index contributed by atoms with van der Waals surface area (Å²) in [5.74, 6) is 0.631. The zero-order valence-corrected chi connectivity index (χ0v) is 22.9. The topological polar surface area (TPSA) is 34.9 Å². The standard InChI is InChI=1S/C38H30N2O/c1-29-28-39-37(26-25-36(41)32-18-14-17-31(27-32)30-15-6-2-7-16-30)40(29)38(33-19-8-3-9-20-33,34-21-10-4-11-22-34)35-23-12-5-13-24-35/h2-28H,1H3. The van der Waals surface area contributed by atoms with E-state index in [0.717, 1.165) is 33.5 Å². The van der Waals surface area contributed by atoms with Crippen molar-refractivity contribution in [1.82, 2.24) is 9.55 Å². The van der Waals surface area contributed by atoms with Gasteiger partial charge in [-0.05, 0) is 53.0 Å². The lowest BCUT2D eigenvalue weighted by atomic mass is 9.76. The van der Waals surface area contributed by atoms with Crippen LogP contribution in [0.2, 0.25) is 0 Å². The highest BCUT2D eigenvalue weighted by Crippen LogP contribution is 2.42. The van der Waals surface area contributed by atoms with Crippen molar-refractivity contribution in [2.45, 2.75) is 12.5 Å². The van der Waals surface area contributed by atoms with E-state index in [0.29, 0.717) is 11.4 Å². The Morgan fingerprint density at radius 2 is 1.12 bits per heavy atom. The average molecular weight is 531 g/mol. The first-order chi connectivity index (χ1) is 20.2. The first-order valence-electron chi connectivity index (χ1n) is 13.8. The lowest BCUT2D eigenvalue weighted by molar-refractivity contribution is 0.104. The molecular formula is C38H30N2O. The van der Waals surface area contributed by atoms with Crippen LogP contribution in [0.5, 0.6) is 0 Å². The third-order valence-electron chi connectivity index (χ3n) is 7.51. The average Bonchev–Trinajstić information content (AvgIpc) is 3.42. The Bertz CT molecular complexity index is 1690. The van der Waals surface area contributed by atoms with Crippen LogP contribution in [0.25, 0.3) is 17.2 Å². The molecule has 0 radical (unpaired) electrons. The number of nitrogens with zero attached hydrogens (tertiary/aromatic N) is 2. The molecular weight excluding hydrogens is 500 g/mol. The maximum Gasteiger partial charge on any atom is 0.185 e. The van der Waals surface area contributed by atoms with Gasteiger partial charge in [0.2, 0.25) is 0 Å². The van der Waals surface area contributed by atoms with Gasteiger partial charge in [-0.1, -0.05) is 140 Å². The molecule has 198 valence electrons. The third kappa shape index (κ3) is 4.94. The smallest absolute Gasteiger partial charge is 0.185 e. The number of imidazole rings is 1. The van der Waals surface area contributed by atoms with E-state index in [1.165, 1.54) is 0 Å². The predicted octanol–water partition coefficient (Wildman–Crippen LogP) is 8.59. The number of carbonyl (C=O) groups excluding carboxylic acids is 1. The summed E-state index contributed by atoms with van der Waals surface area (Å²) in [6, 6.07) is 49.4. The Kier molecular flexibility index (Phi) is 7.25. The summed E-state index contributed by atoms with van der Waals surface area (Å²) >= 11 is 0. The molecule has 3 nitrogen and oxygen atoms in total. The first-order valence-corrected chi connectivity index (χ1v) is 13.8. The van der Waals surface area contributed by atoms with Crippen LogP contribution in [0.15, 0.2) is 158 Å². The predicted molar refractivity (Wildman–Crippen MR) is 167 cm³/mol. The number of rotatable bonds is 8. The number of aromatic nitrogens is 2. The van der Waals surface area contributed by atoms with Gasteiger partial charge in [0, 0.05) is 17.5 Å². The zero-order chi connectivity index (χ0) is 28.1. The molecule has 0 fully saturated rings. The van der Waals surface area contributed by atoms with Crippen molar-refractivity contribution < 1.29 is 4.79 Å². The molecule has 0 spiro atoms. The van der Waals surface area contributed by atoms with Crippen LogP contribution in [0.3, 0.4) is 0 Å². The fourth-order valence-corrected chi connectivity index (χ4v) is 5.66. The number of hydrogen-bond acceptors (Lipinski definition) is 2. The van der Waals surface area contributed by atoms with Gasteiger partial charge in [-0.15, -0.1) is 0 Å². The molecule has 3 heteroatoms. The molecule has 0 unspecified atom stereocenters. The molecule has 6 aromatic rings. The minimum atomic E-state index is -0.708. The van der Waals surface area contributed by atoms with Gasteiger partial charge < -0.3 is 4.57 Å². The van der Waals surface area contributed by atoms with Gasteiger partial charge in [0.25, 0.3) is 0 Å². The van der Waals surface area contributed by atoms with Gasteiger partial charge in [0.05, 0.1) is 0 Å². The highest BCUT2D eigenvalue weighted by Gasteiger charge is 2.40. The van der Waals surface area contributed by atoms with Gasteiger partial charge in [-0.2, -0.15) is 0 Å². The van der Waals surface area contributed by atoms with Crippen molar-refractivity contribution >= 4 is 11.9 Å². The Hall–Kier alpha value is -5.28. The quantitative estimate of drug-likeness (QED) is 0.112. The minimum absolute atomic E-state index is 0.0697. The molecule has 0 saturated heterocycles. The minimum Gasteiger partial charge on any atom is -0.310 e. The normalized spacial score (nSPS) is 11.5. The van der Waals surface area contributed by atoms with E-state index < -0.39 is 5.54 Å². The summed E-state index contributed by atoms with van der Waals surface area (Å²) in [6.07, 6.45) is 5.35. The number of allylic oxidation sites excluding steroid dienone is 1. The van der Waals surface area contributed by atoms with Crippen molar-refractivity contribution in [2.24, 2.45) is 0 Å². The Balaban J connectivity index is 1.49. The molecule has 1 aromatic heterocycles.